The third-order valence-electron chi connectivity index (χ3n) is 8.57. The molecule has 2 fully saturated rings. The van der Waals surface area contributed by atoms with E-state index in [0.717, 1.165) is 18.2 Å². The van der Waals surface area contributed by atoms with Crippen LogP contribution in [0.15, 0.2) is 60.7 Å². The van der Waals surface area contributed by atoms with Crippen LogP contribution in [0, 0.1) is 17.5 Å². The number of hydrogen-bond acceptors (Lipinski definition) is 6. The normalized spacial score (nSPS) is 20.1. The molecular formula is C32H36ClF3N4O4S. The van der Waals surface area contributed by atoms with Crippen molar-refractivity contribution in [1.29, 1.82) is 0 Å². The minimum absolute atomic E-state index is 0.162. The van der Waals surface area contributed by atoms with E-state index in [1.54, 1.807) is 30.3 Å². The van der Waals surface area contributed by atoms with E-state index in [1.807, 2.05) is 0 Å². The number of hydrogen-bond donors (Lipinski definition) is 3. The Hall–Kier alpha value is -3.00. The first-order valence-electron chi connectivity index (χ1n) is 14.7. The average molecular weight is 665 g/mol. The number of amides is 1. The summed E-state index contributed by atoms with van der Waals surface area (Å²) in [4.78, 5) is 13.6. The Morgan fingerprint density at radius 3 is 2.40 bits per heavy atom. The van der Waals surface area contributed by atoms with Gasteiger partial charge in [-0.05, 0) is 73.2 Å². The predicted molar refractivity (Wildman–Crippen MR) is 167 cm³/mol. The molecule has 3 aromatic rings. The second-order valence-electron chi connectivity index (χ2n) is 11.8. The maximum atomic E-state index is 15.2. The summed E-state index contributed by atoms with van der Waals surface area (Å²) >= 11 is 6.04. The molecule has 3 aromatic carbocycles. The monoisotopic (exact) mass is 664 g/mol. The van der Waals surface area contributed by atoms with Gasteiger partial charge in [0.15, 0.2) is 0 Å². The van der Waals surface area contributed by atoms with Gasteiger partial charge in [-0.2, -0.15) is 0 Å². The lowest BCUT2D eigenvalue weighted by Crippen LogP contribution is -2.58. The van der Waals surface area contributed by atoms with Crippen molar-refractivity contribution in [2.75, 3.05) is 37.8 Å². The molecule has 2 heterocycles. The van der Waals surface area contributed by atoms with Gasteiger partial charge in [0.2, 0.25) is 15.9 Å². The summed E-state index contributed by atoms with van der Waals surface area (Å²) < 4.78 is 75.4. The second kappa shape index (κ2) is 13.8. The van der Waals surface area contributed by atoms with Gasteiger partial charge in [0.1, 0.15) is 17.5 Å². The van der Waals surface area contributed by atoms with Gasteiger partial charge in [-0.15, -0.1) is 0 Å². The third kappa shape index (κ3) is 8.05. The molecule has 1 amide bonds. The van der Waals surface area contributed by atoms with Crippen LogP contribution in [0.2, 0.25) is 5.02 Å². The van der Waals surface area contributed by atoms with Gasteiger partial charge in [0.05, 0.1) is 24.0 Å². The van der Waals surface area contributed by atoms with Crippen molar-refractivity contribution in [3.05, 3.63) is 99.8 Å². The second-order valence-corrected chi connectivity index (χ2v) is 14.2. The Bertz CT molecular complexity index is 1620. The minimum Gasteiger partial charge on any atom is -0.369 e. The van der Waals surface area contributed by atoms with Crippen LogP contribution in [0.5, 0.6) is 0 Å². The Kier molecular flexibility index (Phi) is 10.2. The number of piperidine rings is 1. The molecule has 2 aliphatic heterocycles. The summed E-state index contributed by atoms with van der Waals surface area (Å²) in [7, 11) is -3.28. The van der Waals surface area contributed by atoms with Crippen molar-refractivity contribution in [1.82, 2.24) is 9.62 Å². The Morgan fingerprint density at radius 1 is 1.09 bits per heavy atom. The predicted octanol–water partition coefficient (Wildman–Crippen LogP) is 4.57. The zero-order valence-corrected chi connectivity index (χ0v) is 26.3. The number of rotatable bonds is 9. The standard InChI is InChI=1S/C32H36ClF3N4O4S/c1-45(42,43)40-13-11-32(12-14-40)19-38-18-25(44-32)9-10-26-27(36)3-2-4-28(26)39-31(41)30(37)29(20-5-7-22(33)8-6-20)21-15-23(34)17-24(35)16-21/h2-8,15-17,25,29-30,38H,9-14,18-19,37H2,1H3,(H,39,41)/t25-,29+,30+/m1/s1. The van der Waals surface area contributed by atoms with Crippen molar-refractivity contribution in [3.63, 3.8) is 0 Å². The van der Waals surface area contributed by atoms with Crippen LogP contribution in [0.1, 0.15) is 41.9 Å². The fraction of sp³-hybridized carbons (Fsp3) is 0.406. The maximum absolute atomic E-state index is 15.2. The van der Waals surface area contributed by atoms with Crippen molar-refractivity contribution >= 4 is 33.2 Å². The van der Waals surface area contributed by atoms with Gasteiger partial charge in [0.25, 0.3) is 0 Å². The highest BCUT2D eigenvalue weighted by Gasteiger charge is 2.41. The number of nitrogens with one attached hydrogen (secondary N) is 2. The Morgan fingerprint density at radius 2 is 1.76 bits per heavy atom. The van der Waals surface area contributed by atoms with E-state index >= 15 is 4.39 Å². The molecule has 0 saturated carbocycles. The molecule has 8 nitrogen and oxygen atoms in total. The smallest absolute Gasteiger partial charge is 0.242 e. The number of ether oxygens (including phenoxy) is 1. The van der Waals surface area contributed by atoms with Gasteiger partial charge in [-0.25, -0.2) is 25.9 Å². The van der Waals surface area contributed by atoms with Crippen molar-refractivity contribution < 1.29 is 31.1 Å². The van der Waals surface area contributed by atoms with Gasteiger partial charge in [0, 0.05) is 54.4 Å². The number of anilines is 1. The largest absolute Gasteiger partial charge is 0.369 e. The van der Waals surface area contributed by atoms with Crippen LogP contribution in [0.3, 0.4) is 0 Å². The molecular weight excluding hydrogens is 629 g/mol. The molecule has 2 saturated heterocycles. The van der Waals surface area contributed by atoms with Gasteiger partial charge in [-0.3, -0.25) is 4.79 Å². The summed E-state index contributed by atoms with van der Waals surface area (Å²) in [6, 6.07) is 12.5. The number of nitrogens with zero attached hydrogens (tertiary/aromatic N) is 1. The molecule has 3 atom stereocenters. The van der Waals surface area contributed by atoms with Crippen molar-refractivity contribution in [2.45, 2.75) is 49.3 Å². The molecule has 2 aliphatic rings. The molecule has 0 radical (unpaired) electrons. The lowest BCUT2D eigenvalue weighted by atomic mass is 9.84. The van der Waals surface area contributed by atoms with E-state index in [1.165, 1.54) is 22.7 Å². The molecule has 0 bridgehead atoms. The third-order valence-corrected chi connectivity index (χ3v) is 10.1. The van der Waals surface area contributed by atoms with E-state index in [0.29, 0.717) is 56.0 Å². The highest BCUT2D eigenvalue weighted by molar-refractivity contribution is 7.88. The van der Waals surface area contributed by atoms with Crippen molar-refractivity contribution in [3.8, 4) is 0 Å². The number of nitrogens with two attached hydrogens (primary N) is 1. The van der Waals surface area contributed by atoms with E-state index < -0.39 is 50.9 Å². The molecule has 242 valence electrons. The van der Waals surface area contributed by atoms with E-state index in [9.17, 15) is 22.0 Å². The fourth-order valence-corrected chi connectivity index (χ4v) is 7.19. The Balaban J connectivity index is 1.30. The van der Waals surface area contributed by atoms with E-state index in [2.05, 4.69) is 10.6 Å². The number of halogens is 4. The highest BCUT2D eigenvalue weighted by atomic mass is 35.5. The summed E-state index contributed by atoms with van der Waals surface area (Å²) in [6.45, 7) is 1.89. The lowest BCUT2D eigenvalue weighted by molar-refractivity contribution is -0.137. The van der Waals surface area contributed by atoms with Crippen molar-refractivity contribution in [2.24, 2.45) is 5.73 Å². The number of sulfonamides is 1. The SMILES string of the molecule is CS(=O)(=O)N1CCC2(CC1)CNC[C@@H](CCc1c(F)cccc1NC(=O)[C@@H](N)[C@@H](c1ccc(Cl)cc1)c1cc(F)cc(F)c1)O2. The van der Waals surface area contributed by atoms with Crippen LogP contribution in [-0.4, -0.2) is 68.8 Å². The highest BCUT2D eigenvalue weighted by Crippen LogP contribution is 2.33. The first-order chi connectivity index (χ1) is 21.3. The molecule has 45 heavy (non-hydrogen) atoms. The first-order valence-corrected chi connectivity index (χ1v) is 17.0. The zero-order valence-electron chi connectivity index (χ0n) is 24.7. The molecule has 0 unspecified atom stereocenters. The number of carbonyl (C=O) groups excluding carboxylic acids is 1. The van der Waals surface area contributed by atoms with Crippen LogP contribution in [0.25, 0.3) is 0 Å². The lowest BCUT2D eigenvalue weighted by Gasteiger charge is -2.46. The minimum atomic E-state index is -3.28. The zero-order chi connectivity index (χ0) is 32.4. The first kappa shape index (κ1) is 33.4. The summed E-state index contributed by atoms with van der Waals surface area (Å²) in [5.41, 5.74) is 7.13. The number of carbonyl (C=O) groups is 1. The summed E-state index contributed by atoms with van der Waals surface area (Å²) in [5.74, 6) is -3.74. The van der Waals surface area contributed by atoms with Crippen LogP contribution < -0.4 is 16.4 Å². The van der Waals surface area contributed by atoms with Gasteiger partial charge >= 0.3 is 0 Å². The number of morpholine rings is 1. The van der Waals surface area contributed by atoms with Crippen LogP contribution in [-0.2, 0) is 26.0 Å². The topological polar surface area (TPSA) is 114 Å². The molecule has 0 aliphatic carbocycles. The quantitative estimate of drug-likeness (QED) is 0.309. The molecule has 0 aromatic heterocycles. The van der Waals surface area contributed by atoms with Gasteiger partial charge < -0.3 is 21.1 Å². The fourth-order valence-electron chi connectivity index (χ4n) is 6.21. The van der Waals surface area contributed by atoms with Gasteiger partial charge in [-0.1, -0.05) is 29.8 Å². The molecule has 1 spiro atoms. The molecule has 5 rings (SSSR count). The van der Waals surface area contributed by atoms with Crippen LogP contribution >= 0.6 is 11.6 Å². The van der Waals surface area contributed by atoms with E-state index in [4.69, 9.17) is 22.1 Å². The summed E-state index contributed by atoms with van der Waals surface area (Å²) in [5, 5.41) is 6.56. The molecule has 13 heteroatoms. The molecule has 4 N–H and O–H groups in total. The van der Waals surface area contributed by atoms with E-state index in [-0.39, 0.29) is 29.3 Å². The average Bonchev–Trinajstić information content (AvgIpc) is 2.97. The van der Waals surface area contributed by atoms with Crippen LogP contribution in [0.4, 0.5) is 18.9 Å². The number of benzene rings is 3. The summed E-state index contributed by atoms with van der Waals surface area (Å²) in [6.07, 6.45) is 2.72. The maximum Gasteiger partial charge on any atom is 0.242 e. The Labute approximate surface area is 266 Å².